The minimum atomic E-state index is 0.354. The van der Waals surface area contributed by atoms with Gasteiger partial charge in [0.25, 0.3) is 0 Å². The molecule has 136 valence electrons. The molecule has 2 heterocycles. The predicted molar refractivity (Wildman–Crippen MR) is 101 cm³/mol. The highest BCUT2D eigenvalue weighted by Gasteiger charge is 2.16. The van der Waals surface area contributed by atoms with Crippen molar-refractivity contribution in [2.24, 2.45) is 0 Å². The second kappa shape index (κ2) is 7.09. The van der Waals surface area contributed by atoms with Crippen molar-refractivity contribution in [1.29, 1.82) is 0 Å². The van der Waals surface area contributed by atoms with Crippen molar-refractivity contribution in [3.05, 3.63) is 40.9 Å². The van der Waals surface area contributed by atoms with Gasteiger partial charge in [0.05, 0.1) is 30.6 Å². The second-order valence-electron chi connectivity index (χ2n) is 5.61. The second-order valence-corrected chi connectivity index (χ2v) is 6.02. The average molecular weight is 375 g/mol. The largest absolute Gasteiger partial charge is 0.495 e. The molecule has 0 fully saturated rings. The van der Waals surface area contributed by atoms with Gasteiger partial charge in [-0.2, -0.15) is 5.10 Å². The molecule has 0 aliphatic heterocycles. The van der Waals surface area contributed by atoms with E-state index in [1.807, 2.05) is 19.9 Å². The first kappa shape index (κ1) is 17.8. The van der Waals surface area contributed by atoms with Crippen LogP contribution in [0.4, 0.5) is 17.2 Å². The number of benzene rings is 1. The van der Waals surface area contributed by atoms with Gasteiger partial charge in [-0.25, -0.2) is 14.6 Å². The van der Waals surface area contributed by atoms with Gasteiger partial charge in [0.2, 0.25) is 0 Å². The maximum atomic E-state index is 6.28. The van der Waals surface area contributed by atoms with Gasteiger partial charge in [0, 0.05) is 11.8 Å². The molecular formula is C17H19ClN6O2. The molecule has 8 nitrogen and oxygen atoms in total. The van der Waals surface area contributed by atoms with E-state index in [-0.39, 0.29) is 0 Å². The lowest BCUT2D eigenvalue weighted by Gasteiger charge is -2.15. The zero-order valence-corrected chi connectivity index (χ0v) is 15.6. The Kier molecular flexibility index (Phi) is 4.85. The van der Waals surface area contributed by atoms with Crippen LogP contribution in [0.25, 0.3) is 5.82 Å². The number of nitrogens with two attached hydrogens (primary N) is 1. The quantitative estimate of drug-likeness (QED) is 0.706. The van der Waals surface area contributed by atoms with E-state index in [4.69, 9.17) is 26.8 Å². The SMILES string of the molecule is COc1cc(OC)c(Nc2ncnc(-n3nc(C)cc3C)c2N)cc1Cl. The Morgan fingerprint density at radius 1 is 1.08 bits per heavy atom. The summed E-state index contributed by atoms with van der Waals surface area (Å²) in [7, 11) is 3.09. The van der Waals surface area contributed by atoms with E-state index in [1.54, 1.807) is 23.9 Å². The lowest BCUT2D eigenvalue weighted by Crippen LogP contribution is -2.10. The number of anilines is 3. The summed E-state index contributed by atoms with van der Waals surface area (Å²) in [6.45, 7) is 3.84. The van der Waals surface area contributed by atoms with Crippen molar-refractivity contribution < 1.29 is 9.47 Å². The van der Waals surface area contributed by atoms with Gasteiger partial charge in [-0.1, -0.05) is 11.6 Å². The molecule has 0 unspecified atom stereocenters. The molecule has 0 aliphatic rings. The van der Waals surface area contributed by atoms with Crippen LogP contribution in [0.15, 0.2) is 24.5 Å². The third-order valence-electron chi connectivity index (χ3n) is 3.80. The summed E-state index contributed by atoms with van der Waals surface area (Å²) >= 11 is 6.22. The minimum absolute atomic E-state index is 0.354. The highest BCUT2D eigenvalue weighted by Crippen LogP contribution is 2.38. The zero-order chi connectivity index (χ0) is 18.8. The van der Waals surface area contributed by atoms with Crippen LogP contribution in [-0.4, -0.2) is 34.0 Å². The summed E-state index contributed by atoms with van der Waals surface area (Å²) in [4.78, 5) is 8.49. The van der Waals surface area contributed by atoms with Crippen molar-refractivity contribution >= 4 is 28.8 Å². The Hall–Kier alpha value is -3.00. The molecule has 0 amide bonds. The minimum Gasteiger partial charge on any atom is -0.495 e. The summed E-state index contributed by atoms with van der Waals surface area (Å²) < 4.78 is 12.3. The monoisotopic (exact) mass is 374 g/mol. The van der Waals surface area contributed by atoms with Crippen LogP contribution in [0.3, 0.4) is 0 Å². The summed E-state index contributed by atoms with van der Waals surface area (Å²) in [5.41, 5.74) is 9.03. The Morgan fingerprint density at radius 2 is 1.81 bits per heavy atom. The van der Waals surface area contributed by atoms with E-state index >= 15 is 0 Å². The normalized spacial score (nSPS) is 10.7. The summed E-state index contributed by atoms with van der Waals surface area (Å²) in [5, 5.41) is 7.99. The van der Waals surface area contributed by atoms with Gasteiger partial charge >= 0.3 is 0 Å². The van der Waals surface area contributed by atoms with E-state index in [0.29, 0.717) is 39.5 Å². The molecule has 1 aromatic carbocycles. The van der Waals surface area contributed by atoms with Gasteiger partial charge in [-0.15, -0.1) is 0 Å². The van der Waals surface area contributed by atoms with Crippen molar-refractivity contribution in [2.45, 2.75) is 13.8 Å². The fourth-order valence-corrected chi connectivity index (χ4v) is 2.82. The maximum Gasteiger partial charge on any atom is 0.182 e. The third-order valence-corrected chi connectivity index (χ3v) is 4.10. The lowest BCUT2D eigenvalue weighted by molar-refractivity contribution is 0.396. The van der Waals surface area contributed by atoms with E-state index in [9.17, 15) is 0 Å². The van der Waals surface area contributed by atoms with Gasteiger partial charge in [-0.3, -0.25) is 0 Å². The molecule has 3 aromatic rings. The number of halogens is 1. The Bertz CT molecular complexity index is 957. The number of aryl methyl sites for hydroxylation is 2. The smallest absolute Gasteiger partial charge is 0.182 e. The molecule has 3 rings (SSSR count). The van der Waals surface area contributed by atoms with Crippen molar-refractivity contribution in [2.75, 3.05) is 25.3 Å². The topological polar surface area (TPSA) is 100 Å². The van der Waals surface area contributed by atoms with Gasteiger partial charge < -0.3 is 20.5 Å². The van der Waals surface area contributed by atoms with Crippen molar-refractivity contribution in [3.8, 4) is 17.3 Å². The summed E-state index contributed by atoms with van der Waals surface area (Å²) in [5.74, 6) is 1.96. The van der Waals surface area contributed by atoms with Crippen LogP contribution in [0.1, 0.15) is 11.4 Å². The van der Waals surface area contributed by atoms with Crippen LogP contribution in [0.5, 0.6) is 11.5 Å². The number of methoxy groups -OCH3 is 2. The molecule has 3 N–H and O–H groups in total. The Labute approximate surface area is 155 Å². The first-order chi connectivity index (χ1) is 12.4. The van der Waals surface area contributed by atoms with E-state index < -0.39 is 0 Å². The molecule has 26 heavy (non-hydrogen) atoms. The number of ether oxygens (including phenoxy) is 2. The van der Waals surface area contributed by atoms with Gasteiger partial charge in [-0.05, 0) is 26.0 Å². The molecule has 2 aromatic heterocycles. The Balaban J connectivity index is 2.03. The highest BCUT2D eigenvalue weighted by molar-refractivity contribution is 6.32. The van der Waals surface area contributed by atoms with Crippen LogP contribution < -0.4 is 20.5 Å². The molecule has 0 saturated carbocycles. The summed E-state index contributed by atoms with van der Waals surface area (Å²) in [6, 6.07) is 5.31. The maximum absolute atomic E-state index is 6.28. The Morgan fingerprint density at radius 3 is 2.42 bits per heavy atom. The number of aromatic nitrogens is 4. The molecule has 0 aliphatic carbocycles. The van der Waals surface area contributed by atoms with Crippen LogP contribution in [0, 0.1) is 13.8 Å². The van der Waals surface area contributed by atoms with Crippen LogP contribution in [0.2, 0.25) is 5.02 Å². The molecular weight excluding hydrogens is 356 g/mol. The first-order valence-electron chi connectivity index (χ1n) is 7.77. The van der Waals surface area contributed by atoms with Gasteiger partial charge in [0.1, 0.15) is 23.5 Å². The highest BCUT2D eigenvalue weighted by atomic mass is 35.5. The molecule has 0 atom stereocenters. The lowest BCUT2D eigenvalue weighted by atomic mass is 10.2. The van der Waals surface area contributed by atoms with Crippen molar-refractivity contribution in [3.63, 3.8) is 0 Å². The summed E-state index contributed by atoms with van der Waals surface area (Å²) in [6.07, 6.45) is 1.42. The average Bonchev–Trinajstić information content (AvgIpc) is 2.95. The molecule has 0 saturated heterocycles. The molecule has 0 spiro atoms. The number of hydrogen-bond acceptors (Lipinski definition) is 7. The molecule has 0 bridgehead atoms. The number of rotatable bonds is 5. The van der Waals surface area contributed by atoms with Crippen LogP contribution >= 0.6 is 11.6 Å². The number of nitrogens with zero attached hydrogens (tertiary/aromatic N) is 4. The third kappa shape index (κ3) is 3.23. The van der Waals surface area contributed by atoms with Crippen molar-refractivity contribution in [1.82, 2.24) is 19.7 Å². The zero-order valence-electron chi connectivity index (χ0n) is 14.9. The van der Waals surface area contributed by atoms with E-state index in [2.05, 4.69) is 20.4 Å². The number of nitrogens with one attached hydrogen (secondary N) is 1. The fourth-order valence-electron chi connectivity index (χ4n) is 2.58. The number of nitrogen functional groups attached to an aromatic ring is 1. The van der Waals surface area contributed by atoms with E-state index in [1.165, 1.54) is 13.4 Å². The van der Waals surface area contributed by atoms with Crippen LogP contribution in [-0.2, 0) is 0 Å². The number of hydrogen-bond donors (Lipinski definition) is 2. The van der Waals surface area contributed by atoms with Gasteiger partial charge in [0.15, 0.2) is 11.6 Å². The fraction of sp³-hybridized carbons (Fsp3) is 0.235. The first-order valence-corrected chi connectivity index (χ1v) is 8.15. The standard InChI is InChI=1S/C17H19ClN6O2/c1-9-5-10(2)24(23-9)17-15(19)16(20-8-21-17)22-12-6-11(18)13(25-3)7-14(12)26-4/h5-8H,19H2,1-4H3,(H,20,21,22). The molecule has 9 heteroatoms. The predicted octanol–water partition coefficient (Wildman–Crippen LogP) is 3.28. The molecule has 0 radical (unpaired) electrons. The van der Waals surface area contributed by atoms with E-state index in [0.717, 1.165) is 11.4 Å².